The first-order valence-electron chi connectivity index (χ1n) is 3.72. The van der Waals surface area contributed by atoms with Gasteiger partial charge in [-0.2, -0.15) is 0 Å². The molecular formula is C7H12N2O4. The lowest BCUT2D eigenvalue weighted by molar-refractivity contribution is -0.153. The van der Waals surface area contributed by atoms with Crippen LogP contribution >= 0.6 is 0 Å². The summed E-state index contributed by atoms with van der Waals surface area (Å²) in [6, 6.07) is 0. The number of hydrogen-bond acceptors (Lipinski definition) is 6. The monoisotopic (exact) mass is 188 g/mol. The molecule has 0 rings (SSSR count). The number of hydrogen-bond donors (Lipinski definition) is 0. The normalized spacial score (nSPS) is 7.69. The van der Waals surface area contributed by atoms with Crippen LogP contribution in [-0.4, -0.2) is 25.2 Å². The number of carbonyl (C=O) groups excluding carboxylic acids is 2. The van der Waals surface area contributed by atoms with Gasteiger partial charge in [0.1, 0.15) is 6.42 Å². The van der Waals surface area contributed by atoms with E-state index in [1.54, 1.807) is 13.8 Å². The third-order valence-corrected chi connectivity index (χ3v) is 0.899. The van der Waals surface area contributed by atoms with Crippen molar-refractivity contribution in [2.45, 2.75) is 20.3 Å². The number of nitrogens with zero attached hydrogens (tertiary/aromatic N) is 2. The Morgan fingerprint density at radius 1 is 1.00 bits per heavy atom. The Morgan fingerprint density at radius 3 is 1.54 bits per heavy atom. The highest BCUT2D eigenvalue weighted by Gasteiger charge is 2.09. The maximum Gasteiger partial charge on any atom is 0.317 e. The molecule has 0 saturated heterocycles. The van der Waals surface area contributed by atoms with Crippen molar-refractivity contribution < 1.29 is 19.1 Å². The smallest absolute Gasteiger partial charge is 0.317 e. The first kappa shape index (κ1) is 13.9. The van der Waals surface area contributed by atoms with Crippen molar-refractivity contribution in [1.82, 2.24) is 0 Å². The second-order valence-electron chi connectivity index (χ2n) is 1.79. The van der Waals surface area contributed by atoms with E-state index < -0.39 is 11.9 Å². The summed E-state index contributed by atoms with van der Waals surface area (Å²) in [5.74, 6) is -1.07. The average Bonchev–Trinajstić information content (AvgIpc) is 2.08. The molecule has 6 nitrogen and oxygen atoms in total. The van der Waals surface area contributed by atoms with Crippen molar-refractivity contribution in [3.05, 3.63) is 0 Å². The molecule has 0 heterocycles. The molecule has 0 bridgehead atoms. The SMILES string of the molecule is CCOC(=O)CC(=O)OCC.N#N. The van der Waals surface area contributed by atoms with Gasteiger partial charge in [-0.3, -0.25) is 9.59 Å². The Labute approximate surface area is 76.2 Å². The Bertz CT molecular complexity index is 163. The van der Waals surface area contributed by atoms with E-state index in [-0.39, 0.29) is 19.6 Å². The van der Waals surface area contributed by atoms with Crippen LogP contribution in [0.4, 0.5) is 0 Å². The van der Waals surface area contributed by atoms with Crippen LogP contribution in [0.1, 0.15) is 20.3 Å². The van der Waals surface area contributed by atoms with Gasteiger partial charge in [-0.1, -0.05) is 0 Å². The lowest BCUT2D eigenvalue weighted by atomic mass is 10.4. The maximum absolute atomic E-state index is 10.6. The number of ether oxygens (including phenoxy) is 2. The Kier molecular flexibility index (Phi) is 11.1. The highest BCUT2D eigenvalue weighted by molar-refractivity contribution is 5.91. The number of esters is 2. The van der Waals surface area contributed by atoms with E-state index in [1.807, 2.05) is 0 Å². The van der Waals surface area contributed by atoms with Gasteiger partial charge in [-0.05, 0) is 13.8 Å². The van der Waals surface area contributed by atoms with E-state index >= 15 is 0 Å². The van der Waals surface area contributed by atoms with Crippen molar-refractivity contribution in [3.63, 3.8) is 0 Å². The van der Waals surface area contributed by atoms with Crippen LogP contribution < -0.4 is 0 Å². The van der Waals surface area contributed by atoms with E-state index in [9.17, 15) is 9.59 Å². The summed E-state index contributed by atoms with van der Waals surface area (Å²) in [4.78, 5) is 21.2. The van der Waals surface area contributed by atoms with Crippen molar-refractivity contribution in [1.29, 1.82) is 10.8 Å². The fraction of sp³-hybridized carbons (Fsp3) is 0.714. The fourth-order valence-corrected chi connectivity index (χ4v) is 0.542. The molecule has 0 atom stereocenters. The minimum Gasteiger partial charge on any atom is -0.466 e. The lowest BCUT2D eigenvalue weighted by Gasteiger charge is -2.00. The van der Waals surface area contributed by atoms with Crippen LogP contribution in [0, 0.1) is 10.8 Å². The van der Waals surface area contributed by atoms with Crippen LogP contribution in [0.3, 0.4) is 0 Å². The van der Waals surface area contributed by atoms with Gasteiger partial charge in [0.2, 0.25) is 0 Å². The summed E-state index contributed by atoms with van der Waals surface area (Å²) in [5, 5.41) is 12.0. The molecule has 0 saturated carbocycles. The summed E-state index contributed by atoms with van der Waals surface area (Å²) < 4.78 is 9.04. The standard InChI is InChI=1S/C7H12O4.N2/c1-3-10-6(8)5-7(9)11-4-2;1-2/h3-5H2,1-2H3;. The summed E-state index contributed by atoms with van der Waals surface area (Å²) in [6.45, 7) is 3.95. The minimum atomic E-state index is -0.536. The van der Waals surface area contributed by atoms with Crippen LogP contribution in [0.5, 0.6) is 0 Å². The second kappa shape index (κ2) is 10.4. The number of rotatable bonds is 4. The summed E-state index contributed by atoms with van der Waals surface area (Å²) in [7, 11) is 0. The predicted molar refractivity (Wildman–Crippen MR) is 41.3 cm³/mol. The minimum absolute atomic E-state index is 0.290. The van der Waals surface area contributed by atoms with Crippen molar-refractivity contribution >= 4 is 11.9 Å². The third-order valence-electron chi connectivity index (χ3n) is 0.899. The molecular weight excluding hydrogens is 176 g/mol. The molecule has 0 aromatic heterocycles. The van der Waals surface area contributed by atoms with Gasteiger partial charge in [0.15, 0.2) is 0 Å². The molecule has 0 aromatic rings. The molecule has 0 aromatic carbocycles. The van der Waals surface area contributed by atoms with Gasteiger partial charge in [-0.15, -0.1) is 0 Å². The summed E-state index contributed by atoms with van der Waals surface area (Å²) in [6.07, 6.45) is -0.290. The topological polar surface area (TPSA) is 100 Å². The molecule has 0 amide bonds. The summed E-state index contributed by atoms with van der Waals surface area (Å²) >= 11 is 0. The van der Waals surface area contributed by atoms with Gasteiger partial charge in [0.05, 0.1) is 13.2 Å². The number of carbonyl (C=O) groups is 2. The summed E-state index contributed by atoms with van der Waals surface area (Å²) in [5.41, 5.74) is 0. The first-order valence-corrected chi connectivity index (χ1v) is 3.72. The Hall–Kier alpha value is -1.64. The molecule has 13 heavy (non-hydrogen) atoms. The molecule has 0 radical (unpaired) electrons. The van der Waals surface area contributed by atoms with Gasteiger partial charge in [-0.25, -0.2) is 0 Å². The molecule has 0 unspecified atom stereocenters. The highest BCUT2D eigenvalue weighted by Crippen LogP contribution is 1.89. The Balaban J connectivity index is 0. The van der Waals surface area contributed by atoms with E-state index in [4.69, 9.17) is 10.8 Å². The zero-order chi connectivity index (χ0) is 10.7. The van der Waals surface area contributed by atoms with Crippen molar-refractivity contribution in [2.24, 2.45) is 0 Å². The van der Waals surface area contributed by atoms with Gasteiger partial charge < -0.3 is 9.47 Å². The zero-order valence-electron chi connectivity index (χ0n) is 7.65. The molecule has 0 aliphatic rings. The highest BCUT2D eigenvalue weighted by atomic mass is 16.5. The van der Waals surface area contributed by atoms with Gasteiger partial charge in [0, 0.05) is 10.8 Å². The van der Waals surface area contributed by atoms with Crippen LogP contribution in [0.15, 0.2) is 0 Å². The molecule has 0 spiro atoms. The molecule has 0 aliphatic carbocycles. The van der Waals surface area contributed by atoms with Crippen LogP contribution in [0.2, 0.25) is 0 Å². The van der Waals surface area contributed by atoms with E-state index in [0.29, 0.717) is 0 Å². The third kappa shape index (κ3) is 10.4. The molecule has 0 N–H and O–H groups in total. The van der Waals surface area contributed by atoms with Gasteiger partial charge >= 0.3 is 11.9 Å². The fourth-order valence-electron chi connectivity index (χ4n) is 0.542. The predicted octanol–water partition coefficient (Wildman–Crippen LogP) is 0.533. The van der Waals surface area contributed by atoms with Crippen LogP contribution in [0.25, 0.3) is 0 Å². The van der Waals surface area contributed by atoms with Crippen molar-refractivity contribution in [3.8, 4) is 0 Å². The average molecular weight is 188 g/mol. The first-order chi connectivity index (χ1) is 6.20. The lowest BCUT2D eigenvalue weighted by Crippen LogP contribution is -2.13. The molecule has 0 aliphatic heterocycles. The van der Waals surface area contributed by atoms with Crippen LogP contribution in [-0.2, 0) is 19.1 Å². The molecule has 0 fully saturated rings. The quantitative estimate of drug-likeness (QED) is 0.362. The van der Waals surface area contributed by atoms with Gasteiger partial charge in [0.25, 0.3) is 0 Å². The maximum atomic E-state index is 10.6. The largest absolute Gasteiger partial charge is 0.466 e. The van der Waals surface area contributed by atoms with E-state index in [0.717, 1.165) is 0 Å². The second-order valence-corrected chi connectivity index (χ2v) is 1.79. The van der Waals surface area contributed by atoms with Crippen molar-refractivity contribution in [2.75, 3.05) is 13.2 Å². The zero-order valence-corrected chi connectivity index (χ0v) is 7.65. The Morgan fingerprint density at radius 2 is 1.31 bits per heavy atom. The van der Waals surface area contributed by atoms with E-state index in [1.165, 1.54) is 0 Å². The molecule has 6 heteroatoms. The van der Waals surface area contributed by atoms with E-state index in [2.05, 4.69) is 9.47 Å². The molecule has 74 valence electrons.